The average Bonchev–Trinajstić information content (AvgIpc) is 2.39. The predicted molar refractivity (Wildman–Crippen MR) is 74.4 cm³/mol. The minimum absolute atomic E-state index is 0.0198. The fourth-order valence-electron chi connectivity index (χ4n) is 2.04. The number of aliphatic imine (C=N–C) groups is 1. The van der Waals surface area contributed by atoms with Gasteiger partial charge in [0.15, 0.2) is 5.84 Å². The SMILES string of the molecule is COC1(OC)C(=NC(C)C)Nc2ccncc2S1(=O)=O. The number of amidine groups is 1. The number of nitrogens with zero attached hydrogens (tertiary/aromatic N) is 2. The lowest BCUT2D eigenvalue weighted by molar-refractivity contribution is -0.0899. The molecule has 0 saturated heterocycles. The van der Waals surface area contributed by atoms with Crippen LogP contribution in [0.5, 0.6) is 0 Å². The van der Waals surface area contributed by atoms with E-state index in [1.807, 2.05) is 13.8 Å². The molecule has 1 aromatic heterocycles. The van der Waals surface area contributed by atoms with E-state index in [0.29, 0.717) is 5.69 Å². The van der Waals surface area contributed by atoms with Crippen LogP contribution in [-0.4, -0.2) is 44.6 Å². The molecule has 0 fully saturated rings. The van der Waals surface area contributed by atoms with Crippen molar-refractivity contribution >= 4 is 21.4 Å². The van der Waals surface area contributed by atoms with Gasteiger partial charge >= 0.3 is 5.12 Å². The molecule has 0 aliphatic carbocycles. The van der Waals surface area contributed by atoms with Crippen LogP contribution in [0, 0.1) is 0 Å². The number of hydrogen-bond donors (Lipinski definition) is 1. The topological polar surface area (TPSA) is 89.9 Å². The van der Waals surface area contributed by atoms with E-state index in [1.54, 1.807) is 6.07 Å². The Morgan fingerprint density at radius 2 is 2.00 bits per heavy atom. The van der Waals surface area contributed by atoms with E-state index in [4.69, 9.17) is 9.47 Å². The zero-order valence-electron chi connectivity index (χ0n) is 11.7. The molecule has 2 heterocycles. The third kappa shape index (κ3) is 2.00. The van der Waals surface area contributed by atoms with Crippen molar-refractivity contribution < 1.29 is 17.9 Å². The van der Waals surface area contributed by atoms with Crippen LogP contribution in [0.25, 0.3) is 0 Å². The van der Waals surface area contributed by atoms with Crippen molar-refractivity contribution in [3.05, 3.63) is 18.5 Å². The summed E-state index contributed by atoms with van der Waals surface area (Å²) in [6.45, 7) is 3.67. The molecule has 1 aliphatic rings. The maximum atomic E-state index is 12.8. The van der Waals surface area contributed by atoms with Crippen LogP contribution in [-0.2, 0) is 19.3 Å². The van der Waals surface area contributed by atoms with E-state index in [9.17, 15) is 8.42 Å². The second-order valence-corrected chi connectivity index (χ2v) is 6.52. The molecule has 0 aromatic carbocycles. The van der Waals surface area contributed by atoms with Crippen LogP contribution in [0.2, 0.25) is 0 Å². The van der Waals surface area contributed by atoms with Gasteiger partial charge in [-0.05, 0) is 19.9 Å². The van der Waals surface area contributed by atoms with E-state index in [1.165, 1.54) is 26.6 Å². The van der Waals surface area contributed by atoms with Crippen LogP contribution in [0.3, 0.4) is 0 Å². The van der Waals surface area contributed by atoms with Crippen molar-refractivity contribution in [3.8, 4) is 0 Å². The number of ether oxygens (including phenoxy) is 2. The standard InChI is InChI=1S/C12H17N3O4S/c1-8(2)14-11-12(18-3,19-4)20(16,17)10-7-13-6-5-9(10)15-11/h5-8H,1-4H3,(H,14,15). The van der Waals surface area contributed by atoms with Crippen LogP contribution >= 0.6 is 0 Å². The number of methoxy groups -OCH3 is 2. The van der Waals surface area contributed by atoms with Crippen molar-refractivity contribution in [2.75, 3.05) is 19.5 Å². The first-order valence-corrected chi connectivity index (χ1v) is 7.51. The molecule has 110 valence electrons. The third-order valence-corrected chi connectivity index (χ3v) is 5.03. The molecule has 0 saturated carbocycles. The number of hydrogen-bond acceptors (Lipinski definition) is 6. The molecule has 0 spiro atoms. The number of anilines is 1. The average molecular weight is 299 g/mol. The number of nitrogens with one attached hydrogen (secondary N) is 1. The molecular formula is C12H17N3O4S. The Kier molecular flexibility index (Phi) is 3.81. The monoisotopic (exact) mass is 299 g/mol. The molecular weight excluding hydrogens is 282 g/mol. The molecule has 8 heteroatoms. The van der Waals surface area contributed by atoms with Crippen molar-refractivity contribution in [1.82, 2.24) is 4.98 Å². The second-order valence-electron chi connectivity index (χ2n) is 4.54. The summed E-state index contributed by atoms with van der Waals surface area (Å²) in [7, 11) is -1.41. The van der Waals surface area contributed by atoms with Gasteiger partial charge in [0.1, 0.15) is 4.90 Å². The first-order valence-electron chi connectivity index (χ1n) is 6.03. The molecule has 1 aliphatic heterocycles. The van der Waals surface area contributed by atoms with Gasteiger partial charge in [-0.3, -0.25) is 9.98 Å². The number of pyridine rings is 1. The van der Waals surface area contributed by atoms with Crippen molar-refractivity contribution in [2.24, 2.45) is 4.99 Å². The van der Waals surface area contributed by atoms with Gasteiger partial charge in [0.05, 0.1) is 5.69 Å². The molecule has 7 nitrogen and oxygen atoms in total. The van der Waals surface area contributed by atoms with Crippen molar-refractivity contribution in [3.63, 3.8) is 0 Å². The van der Waals surface area contributed by atoms with Crippen molar-refractivity contribution in [1.29, 1.82) is 0 Å². The highest BCUT2D eigenvalue weighted by Gasteiger charge is 2.55. The molecule has 0 radical (unpaired) electrons. The Balaban J connectivity index is 2.76. The number of fused-ring (bicyclic) bond motifs is 1. The fraction of sp³-hybridized carbons (Fsp3) is 0.500. The van der Waals surface area contributed by atoms with Gasteiger partial charge in [0.25, 0.3) is 0 Å². The fourth-order valence-corrected chi connectivity index (χ4v) is 3.73. The highest BCUT2D eigenvalue weighted by Crippen LogP contribution is 2.37. The Bertz CT molecular complexity index is 636. The minimum Gasteiger partial charge on any atom is -0.337 e. The molecule has 0 unspecified atom stereocenters. The summed E-state index contributed by atoms with van der Waals surface area (Å²) >= 11 is 0. The molecule has 0 bridgehead atoms. The summed E-state index contributed by atoms with van der Waals surface area (Å²) in [6.07, 6.45) is 2.76. The highest BCUT2D eigenvalue weighted by atomic mass is 32.2. The highest BCUT2D eigenvalue weighted by molar-refractivity contribution is 7.93. The number of sulfone groups is 1. The van der Waals surface area contributed by atoms with E-state index in [-0.39, 0.29) is 16.8 Å². The maximum absolute atomic E-state index is 12.8. The van der Waals surface area contributed by atoms with Crippen molar-refractivity contribution in [2.45, 2.75) is 29.9 Å². The van der Waals surface area contributed by atoms with Gasteiger partial charge in [-0.1, -0.05) is 0 Å². The first-order chi connectivity index (χ1) is 9.39. The smallest absolute Gasteiger partial charge is 0.337 e. The second kappa shape index (κ2) is 5.12. The molecule has 1 aromatic rings. The van der Waals surface area contributed by atoms with Gasteiger partial charge in [0.2, 0.25) is 9.84 Å². The lowest BCUT2D eigenvalue weighted by Crippen LogP contribution is -2.56. The quantitative estimate of drug-likeness (QED) is 0.839. The molecule has 1 N–H and O–H groups in total. The normalized spacial score (nSPS) is 21.6. The summed E-state index contributed by atoms with van der Waals surface area (Å²) in [5.74, 6) is 0.108. The first kappa shape index (κ1) is 14.9. The van der Waals surface area contributed by atoms with Crippen LogP contribution in [0.15, 0.2) is 28.3 Å². The van der Waals surface area contributed by atoms with Gasteiger partial charge in [-0.15, -0.1) is 0 Å². The van der Waals surface area contributed by atoms with E-state index < -0.39 is 15.0 Å². The summed E-state index contributed by atoms with van der Waals surface area (Å²) in [4.78, 5) is 8.15. The number of aromatic nitrogens is 1. The van der Waals surface area contributed by atoms with E-state index in [0.717, 1.165) is 0 Å². The third-order valence-electron chi connectivity index (χ3n) is 2.90. The Labute approximate surface area is 117 Å². The molecule has 20 heavy (non-hydrogen) atoms. The van der Waals surface area contributed by atoms with Crippen LogP contribution in [0.1, 0.15) is 13.8 Å². The van der Waals surface area contributed by atoms with Gasteiger partial charge < -0.3 is 14.8 Å². The Morgan fingerprint density at radius 3 is 2.55 bits per heavy atom. The summed E-state index contributed by atoms with van der Waals surface area (Å²) < 4.78 is 35.9. The lowest BCUT2D eigenvalue weighted by atomic mass is 10.3. The molecule has 2 rings (SSSR count). The van der Waals surface area contributed by atoms with Crippen LogP contribution in [0.4, 0.5) is 5.69 Å². The van der Waals surface area contributed by atoms with E-state index in [2.05, 4.69) is 15.3 Å². The predicted octanol–water partition coefficient (Wildman–Crippen LogP) is 1.03. The van der Waals surface area contributed by atoms with E-state index >= 15 is 0 Å². The minimum atomic E-state index is -3.94. The molecule has 0 atom stereocenters. The lowest BCUT2D eigenvalue weighted by Gasteiger charge is -2.36. The van der Waals surface area contributed by atoms with Crippen LogP contribution < -0.4 is 5.32 Å². The van der Waals surface area contributed by atoms with Gasteiger partial charge in [-0.2, -0.15) is 0 Å². The maximum Gasteiger partial charge on any atom is 0.338 e. The van der Waals surface area contributed by atoms with Gasteiger partial charge in [-0.25, -0.2) is 8.42 Å². The largest absolute Gasteiger partial charge is 0.338 e. The molecule has 0 amide bonds. The zero-order chi connectivity index (χ0) is 15.0. The summed E-state index contributed by atoms with van der Waals surface area (Å²) in [6, 6.07) is 1.44. The number of rotatable bonds is 3. The zero-order valence-corrected chi connectivity index (χ0v) is 12.6. The summed E-state index contributed by atoms with van der Waals surface area (Å²) in [5.41, 5.74) is 0.407. The Morgan fingerprint density at radius 1 is 1.35 bits per heavy atom. The Hall–Kier alpha value is -1.51. The summed E-state index contributed by atoms with van der Waals surface area (Å²) in [5, 5.41) is 0.979. The van der Waals surface area contributed by atoms with Gasteiger partial charge in [0, 0.05) is 32.7 Å².